The van der Waals surface area contributed by atoms with Crippen LogP contribution in [0.3, 0.4) is 0 Å². The van der Waals surface area contributed by atoms with E-state index in [0.29, 0.717) is 0 Å². The van der Waals surface area contributed by atoms with Crippen LogP contribution in [-0.2, 0) is 23.2 Å². The molecule has 98 valence electrons. The second-order valence-corrected chi connectivity index (χ2v) is 10.2. The van der Waals surface area contributed by atoms with Crippen LogP contribution in [-0.4, -0.2) is 0 Å². The molecule has 2 atom stereocenters. The van der Waals surface area contributed by atoms with Crippen molar-refractivity contribution < 1.29 is 23.2 Å². The zero-order valence-electron chi connectivity index (χ0n) is 11.6. The molecule has 0 bridgehead atoms. The van der Waals surface area contributed by atoms with Gasteiger partial charge < -0.3 is 0 Å². The Balaban J connectivity index is 1.51. The van der Waals surface area contributed by atoms with Crippen molar-refractivity contribution in [3.8, 4) is 0 Å². The molecule has 0 aromatic heterocycles. The standard InChI is InChI=1S/2C9H11.Zr/c2*1-2-5-9-7-3-6-8(9)4-1;/h2*3,6-7H,1-2,4-5H2;. The molecule has 0 heterocycles. The zero-order valence-corrected chi connectivity index (χ0v) is 14.1. The minimum absolute atomic E-state index is 0.372. The van der Waals surface area contributed by atoms with Gasteiger partial charge in [-0.25, -0.2) is 0 Å². The molecule has 0 amide bonds. The summed E-state index contributed by atoms with van der Waals surface area (Å²) >= 11 is -0.372. The van der Waals surface area contributed by atoms with Gasteiger partial charge in [-0.05, 0) is 0 Å². The number of hydrogen-bond donors (Lipinski definition) is 0. The predicted octanol–water partition coefficient (Wildman–Crippen LogP) is 5.53. The first-order valence-corrected chi connectivity index (χ1v) is 10.8. The second-order valence-electron chi connectivity index (χ2n) is 6.36. The van der Waals surface area contributed by atoms with Crippen molar-refractivity contribution in [2.45, 2.75) is 58.6 Å². The van der Waals surface area contributed by atoms with Gasteiger partial charge in [0.15, 0.2) is 0 Å². The average Bonchev–Trinajstić information content (AvgIpc) is 3.05. The molecule has 4 rings (SSSR count). The van der Waals surface area contributed by atoms with E-state index in [1.807, 2.05) is 11.1 Å². The van der Waals surface area contributed by atoms with E-state index in [4.69, 9.17) is 0 Å². The molecule has 0 spiro atoms. The molecule has 19 heavy (non-hydrogen) atoms. The van der Waals surface area contributed by atoms with Crippen LogP contribution in [0.15, 0.2) is 46.6 Å². The monoisotopic (exact) mass is 328 g/mol. The van der Waals surface area contributed by atoms with Crippen molar-refractivity contribution in [2.24, 2.45) is 0 Å². The molecule has 4 aliphatic rings. The maximum absolute atomic E-state index is 2.58. The summed E-state index contributed by atoms with van der Waals surface area (Å²) in [6.45, 7) is 0. The molecule has 0 radical (unpaired) electrons. The van der Waals surface area contributed by atoms with Crippen LogP contribution in [0.5, 0.6) is 0 Å². The molecule has 0 N–H and O–H groups in total. The van der Waals surface area contributed by atoms with Crippen LogP contribution in [0.1, 0.15) is 51.4 Å². The van der Waals surface area contributed by atoms with Gasteiger partial charge >= 0.3 is 128 Å². The van der Waals surface area contributed by atoms with E-state index in [0.717, 1.165) is 7.25 Å². The van der Waals surface area contributed by atoms with Gasteiger partial charge in [0.1, 0.15) is 0 Å². The Hall–Kier alpha value is -0.157. The van der Waals surface area contributed by atoms with Crippen molar-refractivity contribution in [2.75, 3.05) is 0 Å². The van der Waals surface area contributed by atoms with E-state index >= 15 is 0 Å². The third kappa shape index (κ3) is 2.33. The van der Waals surface area contributed by atoms with Gasteiger partial charge in [-0.15, -0.1) is 0 Å². The first-order valence-electron chi connectivity index (χ1n) is 7.98. The molecule has 2 unspecified atom stereocenters. The fraction of sp³-hybridized carbons (Fsp3) is 0.556. The van der Waals surface area contributed by atoms with Gasteiger partial charge in [0.05, 0.1) is 0 Å². The third-order valence-corrected chi connectivity index (χ3v) is 9.62. The SMILES string of the molecule is C1=C[CH]([Zr][CH]2C=CC3=C2CCCC3)C2=C1CCCC2. The second kappa shape index (κ2) is 5.32. The van der Waals surface area contributed by atoms with Gasteiger partial charge in [-0.1, -0.05) is 0 Å². The Morgan fingerprint density at radius 2 is 1.16 bits per heavy atom. The fourth-order valence-electron chi connectivity index (χ4n) is 4.16. The Bertz CT molecular complexity index is 458. The first-order chi connectivity index (χ1) is 9.42. The van der Waals surface area contributed by atoms with E-state index in [2.05, 4.69) is 24.3 Å². The number of allylic oxidation sites excluding steroid dienone is 8. The summed E-state index contributed by atoms with van der Waals surface area (Å²) in [4.78, 5) is 0. The van der Waals surface area contributed by atoms with Gasteiger partial charge in [0, 0.05) is 0 Å². The van der Waals surface area contributed by atoms with Crippen LogP contribution >= 0.6 is 0 Å². The summed E-state index contributed by atoms with van der Waals surface area (Å²) in [6, 6.07) is 0. The molecular weight excluding hydrogens is 307 g/mol. The molecule has 0 nitrogen and oxygen atoms in total. The van der Waals surface area contributed by atoms with Gasteiger partial charge in [0.2, 0.25) is 0 Å². The molecule has 0 saturated carbocycles. The normalized spacial score (nSPS) is 32.8. The van der Waals surface area contributed by atoms with Crippen molar-refractivity contribution in [1.29, 1.82) is 0 Å². The quantitative estimate of drug-likeness (QED) is 0.625. The van der Waals surface area contributed by atoms with Gasteiger partial charge in [0.25, 0.3) is 0 Å². The van der Waals surface area contributed by atoms with Gasteiger partial charge in [-0.2, -0.15) is 0 Å². The molecular formula is C18H22Zr. The molecule has 0 saturated heterocycles. The van der Waals surface area contributed by atoms with Crippen LogP contribution in [0.4, 0.5) is 0 Å². The van der Waals surface area contributed by atoms with Gasteiger partial charge in [-0.3, -0.25) is 0 Å². The van der Waals surface area contributed by atoms with E-state index in [-0.39, 0.29) is 23.2 Å². The molecule has 0 aromatic rings. The van der Waals surface area contributed by atoms with E-state index < -0.39 is 0 Å². The van der Waals surface area contributed by atoms with Crippen molar-refractivity contribution >= 4 is 0 Å². The van der Waals surface area contributed by atoms with Crippen molar-refractivity contribution in [3.63, 3.8) is 0 Å². The van der Waals surface area contributed by atoms with E-state index in [1.165, 1.54) is 51.4 Å². The van der Waals surface area contributed by atoms with E-state index in [9.17, 15) is 0 Å². The average molecular weight is 330 g/mol. The molecule has 0 aromatic carbocycles. The van der Waals surface area contributed by atoms with Crippen molar-refractivity contribution in [1.82, 2.24) is 0 Å². The summed E-state index contributed by atoms with van der Waals surface area (Å²) in [6.07, 6.45) is 21.5. The predicted molar refractivity (Wildman–Crippen MR) is 76.8 cm³/mol. The topological polar surface area (TPSA) is 0 Å². The summed E-state index contributed by atoms with van der Waals surface area (Å²) in [5.74, 6) is 0. The molecule has 1 heteroatoms. The number of rotatable bonds is 2. The first kappa shape index (κ1) is 12.6. The van der Waals surface area contributed by atoms with Crippen LogP contribution in [0, 0.1) is 0 Å². The summed E-state index contributed by atoms with van der Waals surface area (Å²) in [5.41, 5.74) is 7.21. The fourth-order valence-corrected chi connectivity index (χ4v) is 8.74. The van der Waals surface area contributed by atoms with Crippen LogP contribution in [0.2, 0.25) is 7.25 Å². The van der Waals surface area contributed by atoms with Crippen LogP contribution < -0.4 is 0 Å². The molecule has 0 fully saturated rings. The third-order valence-electron chi connectivity index (χ3n) is 5.20. The Labute approximate surface area is 128 Å². The zero-order chi connectivity index (χ0) is 12.7. The molecule has 4 aliphatic carbocycles. The number of hydrogen-bond acceptors (Lipinski definition) is 0. The van der Waals surface area contributed by atoms with Crippen LogP contribution in [0.25, 0.3) is 0 Å². The Kier molecular flexibility index (Phi) is 3.52. The summed E-state index contributed by atoms with van der Waals surface area (Å²) < 4.78 is 1.87. The Morgan fingerprint density at radius 3 is 1.68 bits per heavy atom. The van der Waals surface area contributed by atoms with E-state index in [1.54, 1.807) is 11.1 Å². The summed E-state index contributed by atoms with van der Waals surface area (Å²) in [7, 11) is 0. The maximum atomic E-state index is 2.58. The minimum atomic E-state index is -0.372. The molecule has 0 aliphatic heterocycles. The summed E-state index contributed by atoms with van der Waals surface area (Å²) in [5, 5.41) is 0. The van der Waals surface area contributed by atoms with Crippen molar-refractivity contribution in [3.05, 3.63) is 46.6 Å². The Morgan fingerprint density at radius 1 is 0.684 bits per heavy atom.